The summed E-state index contributed by atoms with van der Waals surface area (Å²) in [5, 5.41) is 8.77. The van der Waals surface area contributed by atoms with Crippen molar-refractivity contribution in [1.29, 1.82) is 0 Å². The zero-order valence-corrected chi connectivity index (χ0v) is 10.5. The maximum atomic E-state index is 12.1. The van der Waals surface area contributed by atoms with E-state index < -0.39 is 11.9 Å². The molecule has 1 aromatic heterocycles. The molecule has 0 unspecified atom stereocenters. The molecule has 1 fully saturated rings. The van der Waals surface area contributed by atoms with Gasteiger partial charge >= 0.3 is 5.97 Å². The highest BCUT2D eigenvalue weighted by Crippen LogP contribution is 2.13. The number of carboxylic acids is 1. The van der Waals surface area contributed by atoms with Crippen LogP contribution in [0.1, 0.15) is 27.3 Å². The number of hydrogen-bond donors (Lipinski definition) is 1. The van der Waals surface area contributed by atoms with Crippen molar-refractivity contribution in [1.82, 2.24) is 9.80 Å². The molecule has 7 heteroatoms. The van der Waals surface area contributed by atoms with E-state index in [4.69, 9.17) is 9.52 Å². The third-order valence-corrected chi connectivity index (χ3v) is 3.02. The van der Waals surface area contributed by atoms with Crippen molar-refractivity contribution < 1.29 is 23.9 Å². The molecular formula is C12H14N2O5. The molecule has 102 valence electrons. The molecule has 0 aromatic carbocycles. The number of rotatable bonds is 2. The molecule has 0 spiro atoms. The Bertz CT molecular complexity index is 522. The van der Waals surface area contributed by atoms with Crippen LogP contribution in [0, 0.1) is 0 Å². The summed E-state index contributed by atoms with van der Waals surface area (Å²) < 4.78 is 4.95. The lowest BCUT2D eigenvalue weighted by Gasteiger charge is -2.18. The topological polar surface area (TPSA) is 91.1 Å². The van der Waals surface area contributed by atoms with E-state index in [2.05, 4.69) is 0 Å². The number of nitrogens with zero attached hydrogens (tertiary/aromatic N) is 2. The van der Waals surface area contributed by atoms with Crippen molar-refractivity contribution in [2.24, 2.45) is 0 Å². The van der Waals surface area contributed by atoms with Gasteiger partial charge in [0.25, 0.3) is 5.91 Å². The molecular weight excluding hydrogens is 252 g/mol. The molecule has 2 heterocycles. The van der Waals surface area contributed by atoms with Crippen LogP contribution in [0.2, 0.25) is 0 Å². The number of aromatic carboxylic acids is 1. The Morgan fingerprint density at radius 1 is 1.37 bits per heavy atom. The van der Waals surface area contributed by atoms with Gasteiger partial charge in [0.2, 0.25) is 5.91 Å². The highest BCUT2D eigenvalue weighted by atomic mass is 16.4. The van der Waals surface area contributed by atoms with Crippen LogP contribution in [0.15, 0.2) is 16.7 Å². The van der Waals surface area contributed by atoms with Crippen LogP contribution in [-0.4, -0.2) is 59.4 Å². The largest absolute Gasteiger partial charge is 0.478 e. The molecule has 0 radical (unpaired) electrons. The lowest BCUT2D eigenvalue weighted by molar-refractivity contribution is -0.129. The number of amides is 2. The Kier molecular flexibility index (Phi) is 3.55. The molecule has 1 aliphatic rings. The Hall–Kier alpha value is -2.31. The van der Waals surface area contributed by atoms with E-state index in [1.54, 1.807) is 11.9 Å². The summed E-state index contributed by atoms with van der Waals surface area (Å²) in [7, 11) is 1.69. The Labute approximate surface area is 109 Å². The van der Waals surface area contributed by atoms with Gasteiger partial charge in [-0.15, -0.1) is 0 Å². The standard InChI is InChI=1S/C12H14N2O5/c1-13-3-2-4-14(6-10(13)15)11(16)9-5-8(7-19-9)12(17)18/h5,7H,2-4,6H2,1H3,(H,17,18). The lowest BCUT2D eigenvalue weighted by Crippen LogP contribution is -2.37. The monoisotopic (exact) mass is 266 g/mol. The summed E-state index contributed by atoms with van der Waals surface area (Å²) in [5.41, 5.74) is -0.0818. The number of carbonyl (C=O) groups excluding carboxylic acids is 2. The number of carboxylic acid groups (broad SMARTS) is 1. The van der Waals surface area contributed by atoms with E-state index in [0.29, 0.717) is 19.5 Å². The summed E-state index contributed by atoms with van der Waals surface area (Å²) >= 11 is 0. The highest BCUT2D eigenvalue weighted by Gasteiger charge is 2.26. The average molecular weight is 266 g/mol. The fourth-order valence-electron chi connectivity index (χ4n) is 1.88. The van der Waals surface area contributed by atoms with E-state index in [0.717, 1.165) is 6.26 Å². The molecule has 0 aliphatic carbocycles. The van der Waals surface area contributed by atoms with Crippen LogP contribution in [0.4, 0.5) is 0 Å². The van der Waals surface area contributed by atoms with Crippen molar-refractivity contribution in [2.75, 3.05) is 26.7 Å². The number of carbonyl (C=O) groups is 3. The maximum Gasteiger partial charge on any atom is 0.338 e. The van der Waals surface area contributed by atoms with Crippen LogP contribution < -0.4 is 0 Å². The van der Waals surface area contributed by atoms with Crippen LogP contribution in [0.5, 0.6) is 0 Å². The number of hydrogen-bond acceptors (Lipinski definition) is 4. The Morgan fingerprint density at radius 3 is 2.74 bits per heavy atom. The second-order valence-corrected chi connectivity index (χ2v) is 4.40. The molecule has 7 nitrogen and oxygen atoms in total. The Balaban J connectivity index is 2.14. The minimum atomic E-state index is -1.16. The number of furan rings is 1. The molecule has 1 aromatic rings. The molecule has 1 aliphatic heterocycles. The average Bonchev–Trinajstić information content (AvgIpc) is 2.79. The molecule has 1 saturated heterocycles. The SMILES string of the molecule is CN1CCCN(C(=O)c2cc(C(=O)O)co2)CC1=O. The maximum absolute atomic E-state index is 12.1. The fourth-order valence-corrected chi connectivity index (χ4v) is 1.88. The third kappa shape index (κ3) is 2.75. The summed E-state index contributed by atoms with van der Waals surface area (Å²) in [4.78, 5) is 37.4. The first-order chi connectivity index (χ1) is 8.99. The summed E-state index contributed by atoms with van der Waals surface area (Å²) in [6.07, 6.45) is 1.70. The molecule has 2 amide bonds. The van der Waals surface area contributed by atoms with Crippen LogP contribution in [0.3, 0.4) is 0 Å². The third-order valence-electron chi connectivity index (χ3n) is 3.02. The van der Waals surface area contributed by atoms with Crippen molar-refractivity contribution >= 4 is 17.8 Å². The molecule has 1 N–H and O–H groups in total. The quantitative estimate of drug-likeness (QED) is 0.830. The van der Waals surface area contributed by atoms with Gasteiger partial charge in [0.15, 0.2) is 5.76 Å². The minimum absolute atomic E-state index is 0.0154. The molecule has 0 atom stereocenters. The van der Waals surface area contributed by atoms with Gasteiger partial charge in [-0.2, -0.15) is 0 Å². The first-order valence-electron chi connectivity index (χ1n) is 5.84. The lowest BCUT2D eigenvalue weighted by atomic mass is 10.3. The summed E-state index contributed by atoms with van der Waals surface area (Å²) in [5.74, 6) is -1.82. The first kappa shape index (κ1) is 13.1. The van der Waals surface area contributed by atoms with Crippen LogP contribution in [0.25, 0.3) is 0 Å². The van der Waals surface area contributed by atoms with Gasteiger partial charge in [-0.3, -0.25) is 9.59 Å². The van der Waals surface area contributed by atoms with Crippen molar-refractivity contribution in [3.05, 3.63) is 23.7 Å². The molecule has 0 saturated carbocycles. The summed E-state index contributed by atoms with van der Waals surface area (Å²) in [6.45, 7) is 1.03. The first-order valence-corrected chi connectivity index (χ1v) is 5.84. The van der Waals surface area contributed by atoms with E-state index >= 15 is 0 Å². The van der Waals surface area contributed by atoms with Crippen molar-refractivity contribution in [3.63, 3.8) is 0 Å². The van der Waals surface area contributed by atoms with E-state index in [9.17, 15) is 14.4 Å². The van der Waals surface area contributed by atoms with E-state index in [-0.39, 0.29) is 23.8 Å². The van der Waals surface area contributed by atoms with Crippen molar-refractivity contribution in [3.8, 4) is 0 Å². The van der Waals surface area contributed by atoms with Gasteiger partial charge in [-0.05, 0) is 6.42 Å². The second kappa shape index (κ2) is 5.13. The highest BCUT2D eigenvalue weighted by molar-refractivity contribution is 5.97. The smallest absolute Gasteiger partial charge is 0.338 e. The molecule has 19 heavy (non-hydrogen) atoms. The van der Waals surface area contributed by atoms with Gasteiger partial charge in [0.05, 0.1) is 5.56 Å². The molecule has 0 bridgehead atoms. The van der Waals surface area contributed by atoms with Gasteiger partial charge in [-0.25, -0.2) is 4.79 Å². The fraction of sp³-hybridized carbons (Fsp3) is 0.417. The van der Waals surface area contributed by atoms with Crippen LogP contribution >= 0.6 is 0 Å². The van der Waals surface area contributed by atoms with Gasteiger partial charge in [0, 0.05) is 26.2 Å². The Morgan fingerprint density at radius 2 is 2.11 bits per heavy atom. The van der Waals surface area contributed by atoms with Gasteiger partial charge in [-0.1, -0.05) is 0 Å². The number of likely N-dealkylation sites (N-methyl/N-ethyl adjacent to an activating group) is 1. The van der Waals surface area contributed by atoms with Gasteiger partial charge in [0.1, 0.15) is 12.8 Å². The predicted molar refractivity (Wildman–Crippen MR) is 63.8 cm³/mol. The zero-order chi connectivity index (χ0) is 14.0. The zero-order valence-electron chi connectivity index (χ0n) is 10.5. The minimum Gasteiger partial charge on any atom is -0.478 e. The molecule has 2 rings (SSSR count). The van der Waals surface area contributed by atoms with E-state index in [1.165, 1.54) is 11.0 Å². The predicted octanol–water partition coefficient (Wildman–Crippen LogP) is 0.282. The summed E-state index contributed by atoms with van der Waals surface area (Å²) in [6, 6.07) is 1.17. The second-order valence-electron chi connectivity index (χ2n) is 4.40. The van der Waals surface area contributed by atoms with Crippen LogP contribution in [-0.2, 0) is 4.79 Å². The van der Waals surface area contributed by atoms with Crippen molar-refractivity contribution in [2.45, 2.75) is 6.42 Å². The van der Waals surface area contributed by atoms with E-state index in [1.807, 2.05) is 0 Å². The van der Waals surface area contributed by atoms with Gasteiger partial charge < -0.3 is 19.3 Å². The normalized spacial score (nSPS) is 16.4.